The minimum absolute atomic E-state index is 0.0345. The van der Waals surface area contributed by atoms with Crippen molar-refractivity contribution in [2.24, 2.45) is 0 Å². The minimum Gasteiger partial charge on any atom is -0.331 e. The van der Waals surface area contributed by atoms with Gasteiger partial charge in [-0.05, 0) is 43.5 Å². The maximum absolute atomic E-state index is 12.5. The third kappa shape index (κ3) is 5.84. The molecule has 1 aliphatic heterocycles. The lowest BCUT2D eigenvalue weighted by Gasteiger charge is -2.32. The minimum atomic E-state index is 0.0345. The first kappa shape index (κ1) is 21.4. The molecule has 2 amide bonds. The maximum Gasteiger partial charge on any atom is 0.279 e. The Morgan fingerprint density at radius 1 is 0.966 bits per heavy atom. The molecule has 1 fully saturated rings. The summed E-state index contributed by atoms with van der Waals surface area (Å²) in [6, 6.07) is 14.2. The molecular weight excluding hydrogens is 382 g/mol. The van der Waals surface area contributed by atoms with E-state index >= 15 is 0 Å². The molecule has 1 aliphatic rings. The van der Waals surface area contributed by atoms with Gasteiger partial charge in [0.05, 0.1) is 31.9 Å². The molecule has 2 aromatic rings. The molecule has 2 N–H and O–H groups in total. The topological polar surface area (TPSA) is 53.9 Å². The van der Waals surface area contributed by atoms with E-state index in [4.69, 9.17) is 0 Å². The Hall–Kier alpha value is -2.31. The molecule has 29 heavy (non-hydrogen) atoms. The van der Waals surface area contributed by atoms with E-state index in [2.05, 4.69) is 24.4 Å². The third-order valence-electron chi connectivity index (χ3n) is 5.42. The Morgan fingerprint density at radius 3 is 2.24 bits per heavy atom. The number of amides is 2. The normalized spacial score (nSPS) is 14.7. The van der Waals surface area contributed by atoms with Gasteiger partial charge in [-0.3, -0.25) is 9.59 Å². The summed E-state index contributed by atoms with van der Waals surface area (Å²) in [4.78, 5) is 29.3. The molecule has 154 valence electrons. The van der Waals surface area contributed by atoms with Gasteiger partial charge in [0.25, 0.3) is 5.91 Å². The zero-order valence-corrected chi connectivity index (χ0v) is 18.3. The summed E-state index contributed by atoms with van der Waals surface area (Å²) in [7, 11) is 0. The van der Waals surface area contributed by atoms with Gasteiger partial charge < -0.3 is 15.1 Å². The van der Waals surface area contributed by atoms with Crippen molar-refractivity contribution < 1.29 is 14.5 Å². The van der Waals surface area contributed by atoms with E-state index in [9.17, 15) is 9.59 Å². The Balaban J connectivity index is 1.43. The summed E-state index contributed by atoms with van der Waals surface area (Å²) in [6.07, 6.45) is 0. The number of benzene rings is 2. The highest BCUT2D eigenvalue weighted by Crippen LogP contribution is 2.22. The highest BCUT2D eigenvalue weighted by atomic mass is 32.2. The molecule has 0 aromatic heterocycles. The number of nitrogens with one attached hydrogen (secondary N) is 2. The Kier molecular flexibility index (Phi) is 7.34. The van der Waals surface area contributed by atoms with Crippen LogP contribution < -0.4 is 10.2 Å². The molecule has 1 saturated heterocycles. The molecule has 5 nitrogen and oxygen atoms in total. The lowest BCUT2D eigenvalue weighted by atomic mass is 10.1. The van der Waals surface area contributed by atoms with Crippen LogP contribution in [0.5, 0.6) is 0 Å². The number of hydrogen-bond donors (Lipinski definition) is 2. The monoisotopic (exact) mass is 412 g/mol. The SMILES string of the molecule is Cc1ccccc1SCC(=O)N1CC[NH+](CC(=O)Nc2c(C)cccc2C)CC1. The number of hydrogen-bond acceptors (Lipinski definition) is 3. The average Bonchev–Trinajstić information content (AvgIpc) is 2.70. The van der Waals surface area contributed by atoms with Crippen molar-refractivity contribution in [3.8, 4) is 0 Å². The molecule has 0 unspecified atom stereocenters. The van der Waals surface area contributed by atoms with Gasteiger partial charge in [-0.15, -0.1) is 11.8 Å². The van der Waals surface area contributed by atoms with Crippen LogP contribution in [0.25, 0.3) is 0 Å². The second-order valence-corrected chi connectivity index (χ2v) is 8.69. The number of anilines is 1. The standard InChI is InChI=1S/C23H29N3O2S/c1-17-7-4-5-10-20(17)29-16-22(28)26-13-11-25(12-14-26)15-21(27)24-23-18(2)8-6-9-19(23)3/h4-10H,11-16H2,1-3H3,(H,24,27)/p+1. The molecule has 0 bridgehead atoms. The van der Waals surface area contributed by atoms with Crippen LogP contribution in [0.4, 0.5) is 5.69 Å². The molecule has 0 atom stereocenters. The van der Waals surface area contributed by atoms with Crippen LogP contribution in [0.1, 0.15) is 16.7 Å². The molecule has 0 radical (unpaired) electrons. The smallest absolute Gasteiger partial charge is 0.279 e. The first-order valence-corrected chi connectivity index (χ1v) is 11.1. The largest absolute Gasteiger partial charge is 0.331 e. The predicted molar refractivity (Wildman–Crippen MR) is 119 cm³/mol. The third-order valence-corrected chi connectivity index (χ3v) is 6.58. The molecule has 2 aromatic carbocycles. The van der Waals surface area contributed by atoms with Crippen molar-refractivity contribution in [2.45, 2.75) is 25.7 Å². The quantitative estimate of drug-likeness (QED) is 0.715. The molecular formula is C23H30N3O2S+. The van der Waals surface area contributed by atoms with E-state index in [1.807, 2.05) is 49.1 Å². The van der Waals surface area contributed by atoms with Gasteiger partial charge in [0, 0.05) is 10.6 Å². The van der Waals surface area contributed by atoms with Crippen LogP contribution in [0.3, 0.4) is 0 Å². The zero-order valence-electron chi connectivity index (χ0n) is 17.5. The first-order valence-electron chi connectivity index (χ1n) is 10.1. The van der Waals surface area contributed by atoms with Gasteiger partial charge in [0.1, 0.15) is 0 Å². The molecule has 3 rings (SSSR count). The number of nitrogens with zero attached hydrogens (tertiary/aromatic N) is 1. The first-order chi connectivity index (χ1) is 13.9. The fourth-order valence-electron chi connectivity index (χ4n) is 3.62. The fourth-order valence-corrected chi connectivity index (χ4v) is 4.55. The fraction of sp³-hybridized carbons (Fsp3) is 0.391. The predicted octanol–water partition coefficient (Wildman–Crippen LogP) is 2.07. The number of quaternary nitrogens is 1. The van der Waals surface area contributed by atoms with Gasteiger partial charge in [-0.25, -0.2) is 0 Å². The van der Waals surface area contributed by atoms with Gasteiger partial charge in [0.2, 0.25) is 5.91 Å². The molecule has 0 spiro atoms. The number of piperazine rings is 1. The lowest BCUT2D eigenvalue weighted by Crippen LogP contribution is -3.15. The second kappa shape index (κ2) is 9.94. The summed E-state index contributed by atoms with van der Waals surface area (Å²) < 4.78 is 0. The van der Waals surface area contributed by atoms with Crippen molar-refractivity contribution in [3.63, 3.8) is 0 Å². The number of thioether (sulfide) groups is 1. The summed E-state index contributed by atoms with van der Waals surface area (Å²) in [5.41, 5.74) is 4.28. The van der Waals surface area contributed by atoms with Gasteiger partial charge in [-0.1, -0.05) is 36.4 Å². The van der Waals surface area contributed by atoms with E-state index in [1.165, 1.54) is 10.5 Å². The molecule has 0 aliphatic carbocycles. The highest BCUT2D eigenvalue weighted by Gasteiger charge is 2.25. The number of carbonyl (C=O) groups excluding carboxylic acids is 2. The van der Waals surface area contributed by atoms with Crippen molar-refractivity contribution >= 4 is 29.3 Å². The van der Waals surface area contributed by atoms with Crippen LogP contribution in [0, 0.1) is 20.8 Å². The van der Waals surface area contributed by atoms with Crippen molar-refractivity contribution in [2.75, 3.05) is 43.8 Å². The van der Waals surface area contributed by atoms with E-state index in [-0.39, 0.29) is 11.8 Å². The molecule has 1 heterocycles. The van der Waals surface area contributed by atoms with E-state index in [0.717, 1.165) is 34.8 Å². The number of para-hydroxylation sites is 1. The highest BCUT2D eigenvalue weighted by molar-refractivity contribution is 8.00. The maximum atomic E-state index is 12.5. The Labute approximate surface area is 177 Å². The zero-order chi connectivity index (χ0) is 20.8. The average molecular weight is 413 g/mol. The number of carbonyl (C=O) groups is 2. The Bertz CT molecular complexity index is 856. The summed E-state index contributed by atoms with van der Waals surface area (Å²) in [5, 5.41) is 3.06. The summed E-state index contributed by atoms with van der Waals surface area (Å²) >= 11 is 1.60. The van der Waals surface area contributed by atoms with Crippen LogP contribution in [0.15, 0.2) is 47.4 Å². The van der Waals surface area contributed by atoms with Gasteiger partial charge >= 0.3 is 0 Å². The van der Waals surface area contributed by atoms with Crippen molar-refractivity contribution in [1.29, 1.82) is 0 Å². The molecule has 6 heteroatoms. The van der Waals surface area contributed by atoms with Crippen molar-refractivity contribution in [3.05, 3.63) is 59.2 Å². The summed E-state index contributed by atoms with van der Waals surface area (Å²) in [6.45, 7) is 9.55. The van der Waals surface area contributed by atoms with Crippen molar-refractivity contribution in [1.82, 2.24) is 4.90 Å². The van der Waals surface area contributed by atoms with Crippen LogP contribution >= 0.6 is 11.8 Å². The van der Waals surface area contributed by atoms with E-state index in [1.54, 1.807) is 11.8 Å². The van der Waals surface area contributed by atoms with Crippen LogP contribution in [0.2, 0.25) is 0 Å². The van der Waals surface area contributed by atoms with E-state index in [0.29, 0.717) is 25.4 Å². The van der Waals surface area contributed by atoms with Gasteiger partial charge in [0.15, 0.2) is 6.54 Å². The van der Waals surface area contributed by atoms with Crippen LogP contribution in [-0.2, 0) is 9.59 Å². The number of rotatable bonds is 6. The lowest BCUT2D eigenvalue weighted by molar-refractivity contribution is -0.895. The number of aryl methyl sites for hydroxylation is 3. The summed E-state index contributed by atoms with van der Waals surface area (Å²) in [5.74, 6) is 0.678. The molecule has 0 saturated carbocycles. The van der Waals surface area contributed by atoms with Crippen LogP contribution in [-0.4, -0.2) is 55.2 Å². The van der Waals surface area contributed by atoms with Gasteiger partial charge in [-0.2, -0.15) is 0 Å². The van der Waals surface area contributed by atoms with E-state index < -0.39 is 0 Å². The second-order valence-electron chi connectivity index (χ2n) is 7.68. The Morgan fingerprint density at radius 2 is 1.59 bits per heavy atom.